The summed E-state index contributed by atoms with van der Waals surface area (Å²) in [7, 11) is 0. The van der Waals surface area contributed by atoms with Crippen molar-refractivity contribution in [1.29, 1.82) is 0 Å². The Kier molecular flexibility index (Phi) is 3.62. The van der Waals surface area contributed by atoms with Gasteiger partial charge in [-0.3, -0.25) is 9.78 Å². The van der Waals surface area contributed by atoms with Crippen LogP contribution in [0.1, 0.15) is 18.5 Å². The molecule has 0 radical (unpaired) electrons. The van der Waals surface area contributed by atoms with Gasteiger partial charge >= 0.3 is 12.2 Å². The number of nitrogens with one attached hydrogen (secondary N) is 2. The highest BCUT2D eigenvalue weighted by Gasteiger charge is 2.65. The molecule has 0 unspecified atom stereocenters. The Morgan fingerprint density at radius 3 is 2.43 bits per heavy atom. The number of rotatable bonds is 2. The number of pyridine rings is 1. The van der Waals surface area contributed by atoms with E-state index >= 15 is 0 Å². The van der Waals surface area contributed by atoms with Crippen LogP contribution in [0.5, 0.6) is 0 Å². The van der Waals surface area contributed by atoms with E-state index in [1.54, 1.807) is 0 Å². The molecule has 6 nitrogen and oxygen atoms in total. The van der Waals surface area contributed by atoms with Gasteiger partial charge in [0.05, 0.1) is 12.0 Å². The van der Waals surface area contributed by atoms with Gasteiger partial charge in [-0.25, -0.2) is 4.79 Å². The minimum Gasteiger partial charge on any atom is -0.363 e. The molecule has 1 saturated heterocycles. The van der Waals surface area contributed by atoms with E-state index in [2.05, 4.69) is 10.3 Å². The number of hydrogen-bond donors (Lipinski definition) is 3. The van der Waals surface area contributed by atoms with Crippen molar-refractivity contribution < 1.29 is 27.9 Å². The maximum atomic E-state index is 13.1. The number of nitrogens with zero attached hydrogens (tertiary/aromatic N) is 1. The summed E-state index contributed by atoms with van der Waals surface area (Å²) in [6.07, 6.45) is -2.58. The molecule has 3 atom stereocenters. The van der Waals surface area contributed by atoms with Gasteiger partial charge in [0.15, 0.2) is 0 Å². The predicted molar refractivity (Wildman–Crippen MR) is 63.8 cm³/mol. The summed E-state index contributed by atoms with van der Waals surface area (Å²) in [5.41, 5.74) is -3.39. The number of Topliss-reactive ketones (excluding diaryl/α,β-unsaturated/α-hetero) is 1. The summed E-state index contributed by atoms with van der Waals surface area (Å²) in [6.45, 7) is 0.925. The van der Waals surface area contributed by atoms with E-state index in [-0.39, 0.29) is 5.56 Å². The van der Waals surface area contributed by atoms with E-state index in [1.807, 2.05) is 0 Å². The van der Waals surface area contributed by atoms with Crippen LogP contribution in [-0.2, 0) is 4.79 Å². The predicted octanol–water partition coefficient (Wildman–Crippen LogP) is 0.892. The van der Waals surface area contributed by atoms with E-state index in [9.17, 15) is 27.9 Å². The van der Waals surface area contributed by atoms with Crippen LogP contribution in [0.2, 0.25) is 0 Å². The molecule has 2 rings (SSSR count). The van der Waals surface area contributed by atoms with Crippen molar-refractivity contribution in [3.63, 3.8) is 0 Å². The van der Waals surface area contributed by atoms with Crippen molar-refractivity contribution in [2.45, 2.75) is 24.9 Å². The second-order valence-electron chi connectivity index (χ2n) is 4.71. The number of urea groups is 1. The third-order valence-corrected chi connectivity index (χ3v) is 3.31. The van der Waals surface area contributed by atoms with Crippen LogP contribution in [0.15, 0.2) is 24.5 Å². The summed E-state index contributed by atoms with van der Waals surface area (Å²) in [6, 6.07) is 0.200. The van der Waals surface area contributed by atoms with Crippen LogP contribution in [-0.4, -0.2) is 33.8 Å². The third-order valence-electron chi connectivity index (χ3n) is 3.31. The lowest BCUT2D eigenvalue weighted by molar-refractivity contribution is -0.290. The number of amides is 2. The highest BCUT2D eigenvalue weighted by atomic mass is 19.4. The highest BCUT2D eigenvalue weighted by molar-refractivity contribution is 5.86. The first-order valence-corrected chi connectivity index (χ1v) is 5.95. The average Bonchev–Trinajstić information content (AvgIpc) is 2.37. The number of aliphatic hydroxyl groups is 1. The van der Waals surface area contributed by atoms with Crippen molar-refractivity contribution in [3.8, 4) is 0 Å². The Bertz CT molecular complexity index is 564. The fourth-order valence-corrected chi connectivity index (χ4v) is 2.38. The Morgan fingerprint density at radius 1 is 1.38 bits per heavy atom. The molecule has 1 fully saturated rings. The molecular weight excluding hydrogens is 291 g/mol. The quantitative estimate of drug-likeness (QED) is 0.757. The van der Waals surface area contributed by atoms with E-state index in [4.69, 9.17) is 0 Å². The number of carbonyl (C=O) groups is 2. The van der Waals surface area contributed by atoms with Gasteiger partial charge in [0.1, 0.15) is 5.78 Å². The van der Waals surface area contributed by atoms with Crippen molar-refractivity contribution in [1.82, 2.24) is 15.6 Å². The number of aromatic nitrogens is 1. The van der Waals surface area contributed by atoms with Gasteiger partial charge in [-0.1, -0.05) is 0 Å². The van der Waals surface area contributed by atoms with Gasteiger partial charge in [0, 0.05) is 12.4 Å². The maximum absolute atomic E-state index is 13.1. The number of alkyl halides is 3. The molecule has 1 aromatic heterocycles. The Labute approximate surface area is 117 Å². The highest BCUT2D eigenvalue weighted by Crippen LogP contribution is 2.42. The smallest absolute Gasteiger partial charge is 0.363 e. The first-order valence-electron chi connectivity index (χ1n) is 5.95. The molecule has 9 heteroatoms. The molecule has 2 heterocycles. The lowest BCUT2D eigenvalue weighted by Gasteiger charge is -2.44. The summed E-state index contributed by atoms with van der Waals surface area (Å²) < 4.78 is 39.4. The molecule has 0 aliphatic carbocycles. The minimum absolute atomic E-state index is 0.239. The van der Waals surface area contributed by atoms with E-state index in [1.165, 1.54) is 29.8 Å². The molecule has 1 aliphatic rings. The van der Waals surface area contributed by atoms with Crippen LogP contribution in [0, 0.1) is 5.92 Å². The summed E-state index contributed by atoms with van der Waals surface area (Å²) >= 11 is 0. The molecule has 0 spiro atoms. The van der Waals surface area contributed by atoms with Crippen molar-refractivity contribution in [2.75, 3.05) is 0 Å². The molecule has 1 aromatic rings. The zero-order valence-corrected chi connectivity index (χ0v) is 10.8. The Balaban J connectivity index is 2.54. The monoisotopic (exact) mass is 303 g/mol. The van der Waals surface area contributed by atoms with Crippen LogP contribution < -0.4 is 10.6 Å². The standard InChI is InChI=1S/C12H12F3N3O3/c1-6(19)8-9(7-2-4-16-5-3-7)17-10(20)18-11(8,21)12(13,14)15/h2-5,8-9,21H,1H3,(H2,17,18,20)/t8-,9+,11+/m1/s1. The average molecular weight is 303 g/mol. The SMILES string of the molecule is CC(=O)[C@@H]1[C@H](c2ccncc2)NC(=O)N[C@@]1(O)C(F)(F)F. The van der Waals surface area contributed by atoms with Crippen LogP contribution >= 0.6 is 0 Å². The van der Waals surface area contributed by atoms with Crippen LogP contribution in [0.3, 0.4) is 0 Å². The number of carbonyl (C=O) groups excluding carboxylic acids is 2. The number of hydrogen-bond acceptors (Lipinski definition) is 4. The van der Waals surface area contributed by atoms with Crippen molar-refractivity contribution >= 4 is 11.8 Å². The zero-order valence-electron chi connectivity index (χ0n) is 10.8. The normalized spacial score (nSPS) is 29.5. The van der Waals surface area contributed by atoms with E-state index in [0.717, 1.165) is 6.92 Å². The topological polar surface area (TPSA) is 91.3 Å². The van der Waals surface area contributed by atoms with E-state index in [0.29, 0.717) is 0 Å². The van der Waals surface area contributed by atoms with E-state index < -0.39 is 35.7 Å². The van der Waals surface area contributed by atoms with Gasteiger partial charge in [0.2, 0.25) is 5.72 Å². The zero-order chi connectivity index (χ0) is 15.8. The molecule has 0 saturated carbocycles. The molecule has 3 N–H and O–H groups in total. The van der Waals surface area contributed by atoms with Gasteiger partial charge in [0.25, 0.3) is 0 Å². The third kappa shape index (κ3) is 2.56. The fraction of sp³-hybridized carbons (Fsp3) is 0.417. The minimum atomic E-state index is -5.20. The summed E-state index contributed by atoms with van der Waals surface area (Å²) in [5.74, 6) is -2.83. The Hall–Kier alpha value is -2.16. The number of halogens is 3. The lowest BCUT2D eigenvalue weighted by Crippen LogP contribution is -2.72. The maximum Gasteiger partial charge on any atom is 0.437 e. The van der Waals surface area contributed by atoms with Crippen LogP contribution in [0.4, 0.5) is 18.0 Å². The number of ketones is 1. The summed E-state index contributed by atoms with van der Waals surface area (Å²) in [5, 5.41) is 13.5. The molecule has 1 aliphatic heterocycles. The lowest BCUT2D eigenvalue weighted by atomic mass is 9.80. The van der Waals surface area contributed by atoms with Crippen LogP contribution in [0.25, 0.3) is 0 Å². The van der Waals surface area contributed by atoms with Crippen molar-refractivity contribution in [3.05, 3.63) is 30.1 Å². The molecular formula is C12H12F3N3O3. The van der Waals surface area contributed by atoms with Crippen molar-refractivity contribution in [2.24, 2.45) is 5.92 Å². The first-order chi connectivity index (χ1) is 9.67. The molecule has 0 aromatic carbocycles. The summed E-state index contributed by atoms with van der Waals surface area (Å²) in [4.78, 5) is 26.9. The molecule has 21 heavy (non-hydrogen) atoms. The van der Waals surface area contributed by atoms with Gasteiger partial charge < -0.3 is 15.7 Å². The van der Waals surface area contributed by atoms with Gasteiger partial charge in [-0.2, -0.15) is 13.2 Å². The first kappa shape index (κ1) is 15.2. The fourth-order valence-electron chi connectivity index (χ4n) is 2.38. The van der Waals surface area contributed by atoms with Gasteiger partial charge in [-0.05, 0) is 24.6 Å². The van der Waals surface area contributed by atoms with Gasteiger partial charge in [-0.15, -0.1) is 0 Å². The second kappa shape index (κ2) is 4.99. The molecule has 114 valence electrons. The molecule has 2 amide bonds. The second-order valence-corrected chi connectivity index (χ2v) is 4.71. The largest absolute Gasteiger partial charge is 0.437 e. The molecule has 0 bridgehead atoms. The Morgan fingerprint density at radius 2 is 1.95 bits per heavy atom.